The van der Waals surface area contributed by atoms with Crippen molar-refractivity contribution in [3.05, 3.63) is 77.3 Å². The summed E-state index contributed by atoms with van der Waals surface area (Å²) in [5.41, 5.74) is 0.999. The molecule has 13 heteroatoms. The van der Waals surface area contributed by atoms with E-state index in [1.54, 1.807) is 12.3 Å². The SMILES string of the molecule is CC1(C)[C@H]2CC[C@]1(c1ccnc(-n3cnc(C4(COS(C)(=O)=O)CC4)n3)n1)c1nnc(-c3c(F)cccc3F)cc12. The molecule has 4 aromatic rings. The van der Waals surface area contributed by atoms with Gasteiger partial charge >= 0.3 is 0 Å². The van der Waals surface area contributed by atoms with E-state index in [9.17, 15) is 17.2 Å². The molecule has 0 unspecified atom stereocenters. The van der Waals surface area contributed by atoms with E-state index in [1.165, 1.54) is 29.2 Å². The Balaban J connectivity index is 1.27. The van der Waals surface area contributed by atoms with Crippen molar-refractivity contribution >= 4 is 10.1 Å². The zero-order valence-electron chi connectivity index (χ0n) is 22.7. The number of fused-ring (bicyclic) bond motifs is 5. The van der Waals surface area contributed by atoms with Crippen molar-refractivity contribution in [2.24, 2.45) is 5.41 Å². The Labute approximate surface area is 235 Å². The van der Waals surface area contributed by atoms with Crippen LogP contribution in [0.1, 0.15) is 68.2 Å². The van der Waals surface area contributed by atoms with Crippen LogP contribution in [0.25, 0.3) is 17.2 Å². The lowest BCUT2D eigenvalue weighted by Crippen LogP contribution is -2.38. The lowest BCUT2D eigenvalue weighted by molar-refractivity contribution is 0.242. The van der Waals surface area contributed by atoms with Gasteiger partial charge in [-0.2, -0.15) is 18.2 Å². The highest BCUT2D eigenvalue weighted by atomic mass is 32.2. The number of aromatic nitrogens is 7. The predicted molar refractivity (Wildman–Crippen MR) is 143 cm³/mol. The van der Waals surface area contributed by atoms with E-state index in [0.29, 0.717) is 11.8 Å². The summed E-state index contributed by atoms with van der Waals surface area (Å²) in [6.45, 7) is 4.33. The first-order valence-corrected chi connectivity index (χ1v) is 15.2. The first-order chi connectivity index (χ1) is 19.5. The Kier molecular flexibility index (Phi) is 5.53. The van der Waals surface area contributed by atoms with Crippen LogP contribution >= 0.6 is 0 Å². The van der Waals surface area contributed by atoms with Gasteiger partial charge in [0, 0.05) is 6.20 Å². The Morgan fingerprint density at radius 1 is 1.07 bits per heavy atom. The molecule has 3 aliphatic rings. The number of nitrogens with zero attached hydrogens (tertiary/aromatic N) is 7. The van der Waals surface area contributed by atoms with Crippen LogP contribution in [0, 0.1) is 17.0 Å². The minimum absolute atomic E-state index is 0.0103. The summed E-state index contributed by atoms with van der Waals surface area (Å²) in [4.78, 5) is 13.8. The van der Waals surface area contributed by atoms with E-state index >= 15 is 0 Å². The summed E-state index contributed by atoms with van der Waals surface area (Å²) in [7, 11) is -3.59. The molecule has 212 valence electrons. The molecule has 2 atom stereocenters. The molecule has 0 aliphatic heterocycles. The number of rotatable bonds is 7. The Hall–Kier alpha value is -3.71. The molecule has 7 rings (SSSR count). The summed E-state index contributed by atoms with van der Waals surface area (Å²) in [5.74, 6) is -0.456. The highest BCUT2D eigenvalue weighted by Crippen LogP contribution is 2.69. The number of benzene rings is 1. The molecular formula is C28H27F2N7O3S. The van der Waals surface area contributed by atoms with Crippen molar-refractivity contribution in [1.82, 2.24) is 34.9 Å². The average molecular weight is 580 g/mol. The molecule has 2 bridgehead atoms. The van der Waals surface area contributed by atoms with Crippen molar-refractivity contribution in [3.63, 3.8) is 0 Å². The van der Waals surface area contributed by atoms with Crippen molar-refractivity contribution in [1.29, 1.82) is 0 Å². The Morgan fingerprint density at radius 2 is 1.83 bits per heavy atom. The highest BCUT2D eigenvalue weighted by molar-refractivity contribution is 7.85. The van der Waals surface area contributed by atoms with Crippen LogP contribution in [-0.2, 0) is 25.1 Å². The monoisotopic (exact) mass is 579 g/mol. The minimum Gasteiger partial charge on any atom is -0.269 e. The van der Waals surface area contributed by atoms with Crippen LogP contribution in [0.15, 0.2) is 42.9 Å². The molecule has 2 saturated carbocycles. The highest BCUT2D eigenvalue weighted by Gasteiger charge is 2.65. The van der Waals surface area contributed by atoms with Crippen molar-refractivity contribution < 1.29 is 21.4 Å². The lowest BCUT2D eigenvalue weighted by atomic mass is 9.66. The van der Waals surface area contributed by atoms with Crippen molar-refractivity contribution in [2.45, 2.75) is 56.3 Å². The summed E-state index contributed by atoms with van der Waals surface area (Å²) in [6, 6.07) is 7.40. The van der Waals surface area contributed by atoms with Crippen LogP contribution in [0.5, 0.6) is 0 Å². The molecule has 2 fully saturated rings. The van der Waals surface area contributed by atoms with Gasteiger partial charge in [0.2, 0.25) is 0 Å². The maximum atomic E-state index is 14.6. The topological polar surface area (TPSA) is 126 Å². The third kappa shape index (κ3) is 3.85. The fourth-order valence-electron chi connectivity index (χ4n) is 6.86. The van der Waals surface area contributed by atoms with Gasteiger partial charge in [-0.15, -0.1) is 10.2 Å². The van der Waals surface area contributed by atoms with Gasteiger partial charge in [0.15, 0.2) is 5.82 Å². The molecule has 10 nitrogen and oxygen atoms in total. The number of halogens is 2. The third-order valence-corrected chi connectivity index (χ3v) is 9.80. The van der Waals surface area contributed by atoms with E-state index < -0.39 is 32.6 Å². The fraction of sp³-hybridized carbons (Fsp3) is 0.429. The lowest BCUT2D eigenvalue weighted by Gasteiger charge is -2.37. The van der Waals surface area contributed by atoms with Gasteiger partial charge in [-0.25, -0.2) is 23.7 Å². The van der Waals surface area contributed by atoms with Gasteiger partial charge in [0.25, 0.3) is 16.1 Å². The standard InChI is InChI=1S/C28H27F2N7O3S/c1-26(2)17-7-9-28(26,23-16(17)13-20(34-35-23)22-18(29)5-4-6-19(22)30)21-8-12-31-25(33-21)37-15-32-24(36-37)27(10-11-27)14-40-41(3,38)39/h4-6,8,12-13,15,17H,7,9-11,14H2,1-3H3/t17-,28-/m0/s1. The maximum absolute atomic E-state index is 14.6. The maximum Gasteiger partial charge on any atom is 0.264 e. The van der Waals surface area contributed by atoms with Crippen LogP contribution in [-0.4, -0.2) is 56.2 Å². The molecule has 0 N–H and O–H groups in total. The average Bonchev–Trinajstić information content (AvgIpc) is 3.39. The molecular weight excluding hydrogens is 552 g/mol. The molecule has 0 saturated heterocycles. The van der Waals surface area contributed by atoms with Crippen LogP contribution in [0.4, 0.5) is 8.78 Å². The smallest absolute Gasteiger partial charge is 0.264 e. The first-order valence-electron chi connectivity index (χ1n) is 13.4. The largest absolute Gasteiger partial charge is 0.269 e. The molecule has 41 heavy (non-hydrogen) atoms. The Morgan fingerprint density at radius 3 is 2.54 bits per heavy atom. The second-order valence-electron chi connectivity index (χ2n) is 11.8. The molecule has 3 aliphatic carbocycles. The second-order valence-corrected chi connectivity index (χ2v) is 13.5. The second kappa shape index (κ2) is 8.65. The summed E-state index contributed by atoms with van der Waals surface area (Å²) >= 11 is 0. The van der Waals surface area contributed by atoms with Crippen molar-refractivity contribution in [3.8, 4) is 17.2 Å². The minimum atomic E-state index is -3.59. The van der Waals surface area contributed by atoms with E-state index in [0.717, 1.165) is 48.9 Å². The molecule has 3 aromatic heterocycles. The molecule has 0 spiro atoms. The fourth-order valence-corrected chi connectivity index (χ4v) is 7.30. The van der Waals surface area contributed by atoms with E-state index in [2.05, 4.69) is 39.1 Å². The molecule has 0 amide bonds. The molecule has 0 radical (unpaired) electrons. The zero-order chi connectivity index (χ0) is 28.8. The summed E-state index contributed by atoms with van der Waals surface area (Å²) in [6.07, 6.45) is 7.30. The molecule has 1 aromatic carbocycles. The normalized spacial score (nSPS) is 23.5. The van der Waals surface area contributed by atoms with Gasteiger partial charge in [0.05, 0.1) is 46.3 Å². The van der Waals surface area contributed by atoms with E-state index in [1.807, 2.05) is 6.07 Å². The third-order valence-electron chi connectivity index (χ3n) is 9.26. The van der Waals surface area contributed by atoms with Crippen LogP contribution in [0.2, 0.25) is 0 Å². The first kappa shape index (κ1) is 26.2. The van der Waals surface area contributed by atoms with Crippen LogP contribution in [0.3, 0.4) is 0 Å². The van der Waals surface area contributed by atoms with Gasteiger partial charge < -0.3 is 0 Å². The van der Waals surface area contributed by atoms with Gasteiger partial charge in [-0.1, -0.05) is 19.9 Å². The Bertz CT molecular complexity index is 1800. The summed E-state index contributed by atoms with van der Waals surface area (Å²) < 4.78 is 58.7. The van der Waals surface area contributed by atoms with E-state index in [4.69, 9.17) is 9.17 Å². The van der Waals surface area contributed by atoms with Gasteiger partial charge in [0.1, 0.15) is 18.0 Å². The predicted octanol–water partition coefficient (Wildman–Crippen LogP) is 4.00. The quantitative estimate of drug-likeness (QED) is 0.299. The van der Waals surface area contributed by atoms with Gasteiger partial charge in [-0.05, 0) is 66.8 Å². The van der Waals surface area contributed by atoms with Gasteiger partial charge in [-0.3, -0.25) is 4.18 Å². The summed E-state index contributed by atoms with van der Waals surface area (Å²) in [5, 5.41) is 13.5. The number of hydrogen-bond acceptors (Lipinski definition) is 9. The van der Waals surface area contributed by atoms with Crippen LogP contribution < -0.4 is 0 Å². The zero-order valence-corrected chi connectivity index (χ0v) is 23.5. The van der Waals surface area contributed by atoms with Crippen molar-refractivity contribution in [2.75, 3.05) is 12.9 Å². The molecule has 3 heterocycles. The van der Waals surface area contributed by atoms with E-state index in [-0.39, 0.29) is 29.2 Å². The number of hydrogen-bond donors (Lipinski definition) is 0.